The summed E-state index contributed by atoms with van der Waals surface area (Å²) in [7, 11) is 0. The van der Waals surface area contributed by atoms with E-state index >= 15 is 0 Å². The van der Waals surface area contributed by atoms with Gasteiger partial charge in [-0.25, -0.2) is 15.0 Å². The van der Waals surface area contributed by atoms with Crippen LogP contribution in [0.25, 0.3) is 50.4 Å². The van der Waals surface area contributed by atoms with Crippen molar-refractivity contribution in [2.45, 2.75) is 27.2 Å². The Morgan fingerprint density at radius 1 is 1.08 bits per heavy atom. The molecule has 0 aliphatic heterocycles. The molecule has 8 nitrogen and oxygen atoms in total. The van der Waals surface area contributed by atoms with Gasteiger partial charge in [0, 0.05) is 35.5 Å². The van der Waals surface area contributed by atoms with Crippen LogP contribution >= 0.6 is 0 Å². The Kier molecular flexibility index (Phi) is 6.95. The largest absolute Gasteiger partial charge is 0.359 e. The number of nitrogens with one attached hydrogen (secondary N) is 3. The predicted octanol–water partition coefficient (Wildman–Crippen LogP) is 6.58. The van der Waals surface area contributed by atoms with E-state index in [1.807, 2.05) is 49.4 Å². The van der Waals surface area contributed by atoms with Gasteiger partial charge in [-0.2, -0.15) is 5.10 Å². The number of imidazole rings is 1. The SMILES string of the molecule is C=C/C(=C\C(=C/C)c1ccc2[nH]nc(-c3nc4nccc(-c5ccncc5)c4[nH]3)c2n1)NC(=C)CC(C)C. The molecule has 190 valence electrons. The molecule has 0 radical (unpaired) electrons. The lowest BCUT2D eigenvalue weighted by molar-refractivity contribution is 0.622. The van der Waals surface area contributed by atoms with Gasteiger partial charge in [-0.05, 0) is 72.9 Å². The Hall–Kier alpha value is -4.85. The number of nitrogens with zero attached hydrogens (tertiary/aromatic N) is 5. The van der Waals surface area contributed by atoms with Crippen molar-refractivity contribution in [1.82, 2.24) is 40.4 Å². The van der Waals surface area contributed by atoms with E-state index in [4.69, 9.17) is 9.97 Å². The molecule has 5 aromatic heterocycles. The van der Waals surface area contributed by atoms with Gasteiger partial charge in [-0.15, -0.1) is 0 Å². The molecule has 0 bridgehead atoms. The van der Waals surface area contributed by atoms with Gasteiger partial charge >= 0.3 is 0 Å². The van der Waals surface area contributed by atoms with E-state index in [9.17, 15) is 0 Å². The standard InChI is InChI=1S/C30H30N8/c1-6-20(17-22(7-2)33-19(5)16-18(3)4)24-8-9-25-27(34-24)28(38-37-25)30-35-26-23(12-15-32-29(26)36-30)21-10-13-31-14-11-21/h6-15,17-18,33H,2,5,16H2,1,3-4H3,(H,37,38)(H,32,35,36)/b20-6+,22-17+. The van der Waals surface area contributed by atoms with Gasteiger partial charge in [-0.1, -0.05) is 33.1 Å². The summed E-state index contributed by atoms with van der Waals surface area (Å²) < 4.78 is 0. The molecule has 0 aromatic carbocycles. The summed E-state index contributed by atoms with van der Waals surface area (Å²) in [5.74, 6) is 1.11. The number of aromatic nitrogens is 7. The van der Waals surface area contributed by atoms with Crippen molar-refractivity contribution >= 4 is 27.8 Å². The first-order valence-corrected chi connectivity index (χ1v) is 12.5. The minimum absolute atomic E-state index is 0.514. The fourth-order valence-electron chi connectivity index (χ4n) is 4.39. The molecular weight excluding hydrogens is 472 g/mol. The lowest BCUT2D eigenvalue weighted by atomic mass is 10.1. The zero-order chi connectivity index (χ0) is 26.6. The second-order valence-corrected chi connectivity index (χ2v) is 9.42. The Labute approximate surface area is 221 Å². The molecule has 5 rings (SSSR count). The number of aromatic amines is 2. The second-order valence-electron chi connectivity index (χ2n) is 9.42. The number of allylic oxidation sites excluding steroid dienone is 5. The van der Waals surface area contributed by atoms with Gasteiger partial charge in [0.05, 0.1) is 16.7 Å². The molecule has 5 heterocycles. The maximum Gasteiger partial charge on any atom is 0.178 e. The summed E-state index contributed by atoms with van der Waals surface area (Å²) in [5, 5.41) is 11.0. The van der Waals surface area contributed by atoms with Crippen LogP contribution in [0.15, 0.2) is 91.7 Å². The highest BCUT2D eigenvalue weighted by Gasteiger charge is 2.17. The zero-order valence-electron chi connectivity index (χ0n) is 21.8. The average molecular weight is 503 g/mol. The molecule has 0 atom stereocenters. The number of fused-ring (bicyclic) bond motifs is 2. The van der Waals surface area contributed by atoms with Gasteiger partial charge in [-0.3, -0.25) is 10.1 Å². The fourth-order valence-corrected chi connectivity index (χ4v) is 4.39. The summed E-state index contributed by atoms with van der Waals surface area (Å²) in [5.41, 5.74) is 9.22. The highest BCUT2D eigenvalue weighted by atomic mass is 15.2. The summed E-state index contributed by atoms with van der Waals surface area (Å²) >= 11 is 0. The number of rotatable bonds is 9. The normalized spacial score (nSPS) is 12.4. The van der Waals surface area contributed by atoms with Crippen LogP contribution in [0.4, 0.5) is 0 Å². The average Bonchev–Trinajstić information content (AvgIpc) is 3.54. The van der Waals surface area contributed by atoms with E-state index in [2.05, 4.69) is 57.5 Å². The number of pyridine rings is 3. The summed E-state index contributed by atoms with van der Waals surface area (Å²) in [6.45, 7) is 14.4. The molecule has 0 aliphatic rings. The van der Waals surface area contributed by atoms with Crippen molar-refractivity contribution in [3.8, 4) is 22.6 Å². The molecule has 38 heavy (non-hydrogen) atoms. The highest BCUT2D eigenvalue weighted by molar-refractivity contribution is 5.94. The lowest BCUT2D eigenvalue weighted by Crippen LogP contribution is -2.12. The summed E-state index contributed by atoms with van der Waals surface area (Å²) in [6.07, 6.45) is 12.0. The molecule has 0 spiro atoms. The molecule has 0 fully saturated rings. The Morgan fingerprint density at radius 3 is 2.63 bits per heavy atom. The van der Waals surface area contributed by atoms with Crippen molar-refractivity contribution in [3.63, 3.8) is 0 Å². The molecular formula is C30H30N8. The van der Waals surface area contributed by atoms with Crippen molar-refractivity contribution in [2.75, 3.05) is 0 Å². The van der Waals surface area contributed by atoms with E-state index in [-0.39, 0.29) is 0 Å². The monoisotopic (exact) mass is 502 g/mol. The number of hydrogen-bond donors (Lipinski definition) is 3. The molecule has 0 aliphatic carbocycles. The summed E-state index contributed by atoms with van der Waals surface area (Å²) in [4.78, 5) is 21.7. The first-order valence-electron chi connectivity index (χ1n) is 12.5. The molecule has 0 saturated carbocycles. The molecule has 8 heteroatoms. The van der Waals surface area contributed by atoms with Crippen LogP contribution in [-0.4, -0.2) is 35.1 Å². The molecule has 5 aromatic rings. The van der Waals surface area contributed by atoms with Crippen LogP contribution in [0.3, 0.4) is 0 Å². The topological polar surface area (TPSA) is 108 Å². The van der Waals surface area contributed by atoms with E-state index in [0.717, 1.165) is 56.8 Å². The van der Waals surface area contributed by atoms with Crippen molar-refractivity contribution in [2.24, 2.45) is 5.92 Å². The maximum atomic E-state index is 4.97. The minimum atomic E-state index is 0.514. The third-order valence-electron chi connectivity index (χ3n) is 6.13. The van der Waals surface area contributed by atoms with E-state index in [1.54, 1.807) is 24.7 Å². The second kappa shape index (κ2) is 10.6. The van der Waals surface area contributed by atoms with Gasteiger partial charge in [0.2, 0.25) is 0 Å². The van der Waals surface area contributed by atoms with Crippen LogP contribution in [0.5, 0.6) is 0 Å². The van der Waals surface area contributed by atoms with Gasteiger partial charge in [0.15, 0.2) is 17.2 Å². The first-order chi connectivity index (χ1) is 18.5. The quantitative estimate of drug-likeness (QED) is 0.196. The van der Waals surface area contributed by atoms with Crippen LogP contribution in [0, 0.1) is 5.92 Å². The maximum absolute atomic E-state index is 4.97. The zero-order valence-corrected chi connectivity index (χ0v) is 21.8. The molecule has 0 amide bonds. The molecule has 0 unspecified atom stereocenters. The Morgan fingerprint density at radius 2 is 1.89 bits per heavy atom. The number of H-pyrrole nitrogens is 2. The Bertz CT molecular complexity index is 1690. The van der Waals surface area contributed by atoms with Crippen molar-refractivity contribution in [1.29, 1.82) is 0 Å². The van der Waals surface area contributed by atoms with Crippen molar-refractivity contribution in [3.05, 3.63) is 97.4 Å². The third-order valence-corrected chi connectivity index (χ3v) is 6.13. The molecule has 0 saturated heterocycles. The highest BCUT2D eigenvalue weighted by Crippen LogP contribution is 2.30. The van der Waals surface area contributed by atoms with E-state index in [0.29, 0.717) is 23.1 Å². The van der Waals surface area contributed by atoms with E-state index < -0.39 is 0 Å². The van der Waals surface area contributed by atoms with Crippen LogP contribution in [0.2, 0.25) is 0 Å². The Balaban J connectivity index is 1.53. The van der Waals surface area contributed by atoms with E-state index in [1.165, 1.54) is 0 Å². The van der Waals surface area contributed by atoms with Gasteiger partial charge < -0.3 is 10.3 Å². The summed E-state index contributed by atoms with van der Waals surface area (Å²) in [6, 6.07) is 9.84. The van der Waals surface area contributed by atoms with Gasteiger partial charge in [0.25, 0.3) is 0 Å². The minimum Gasteiger partial charge on any atom is -0.359 e. The van der Waals surface area contributed by atoms with Crippen molar-refractivity contribution < 1.29 is 0 Å². The molecule has 3 N–H and O–H groups in total. The van der Waals surface area contributed by atoms with Crippen LogP contribution < -0.4 is 5.32 Å². The fraction of sp³-hybridized carbons (Fsp3) is 0.167. The number of hydrogen-bond acceptors (Lipinski definition) is 6. The smallest absolute Gasteiger partial charge is 0.178 e. The first kappa shape index (κ1) is 24.8. The van der Waals surface area contributed by atoms with Crippen LogP contribution in [0.1, 0.15) is 32.9 Å². The lowest BCUT2D eigenvalue weighted by Gasteiger charge is -2.13. The third kappa shape index (κ3) is 5.01. The van der Waals surface area contributed by atoms with Gasteiger partial charge in [0.1, 0.15) is 5.52 Å². The predicted molar refractivity (Wildman–Crippen MR) is 154 cm³/mol. The van der Waals surface area contributed by atoms with Crippen LogP contribution in [-0.2, 0) is 0 Å².